The van der Waals surface area contributed by atoms with Crippen LogP contribution in [0.2, 0.25) is 0 Å². The fraction of sp³-hybridized carbons (Fsp3) is 0.750. The lowest BCUT2D eigenvalue weighted by molar-refractivity contribution is -0.142. The maximum atomic E-state index is 11.0. The Kier molecular flexibility index (Phi) is 7.03. The lowest BCUT2D eigenvalue weighted by Gasteiger charge is -2.03. The molecule has 0 fully saturated rings. The van der Waals surface area contributed by atoms with Gasteiger partial charge in [-0.15, -0.1) is 0 Å². The van der Waals surface area contributed by atoms with E-state index in [1.807, 2.05) is 0 Å². The van der Waals surface area contributed by atoms with Gasteiger partial charge in [0.1, 0.15) is 6.10 Å². The molecule has 0 aliphatic carbocycles. The smallest absolute Gasteiger partial charge is 0.229 e. The van der Waals surface area contributed by atoms with Gasteiger partial charge in [-0.05, 0) is 12.8 Å². The van der Waals surface area contributed by atoms with Crippen molar-refractivity contribution in [2.75, 3.05) is 11.9 Å². The Morgan fingerprint density at radius 2 is 1.92 bits per heavy atom. The van der Waals surface area contributed by atoms with Gasteiger partial charge in [0, 0.05) is 11.8 Å². The van der Waals surface area contributed by atoms with Gasteiger partial charge in [0.05, 0.1) is 6.61 Å². The fourth-order valence-electron chi connectivity index (χ4n) is 0.772. The van der Waals surface area contributed by atoms with Gasteiger partial charge in [0.15, 0.2) is 0 Å². The molecule has 5 heteroatoms. The van der Waals surface area contributed by atoms with Crippen molar-refractivity contribution in [2.45, 2.75) is 25.4 Å². The molecule has 0 bridgehead atoms. The van der Waals surface area contributed by atoms with Crippen LogP contribution in [-0.2, 0) is 9.59 Å². The van der Waals surface area contributed by atoms with Crippen LogP contribution in [0, 0.1) is 0 Å². The largest absolute Gasteiger partial charge is 0.393 e. The zero-order valence-corrected chi connectivity index (χ0v) is 8.79. The van der Waals surface area contributed by atoms with Gasteiger partial charge in [0.2, 0.25) is 11.6 Å². The summed E-state index contributed by atoms with van der Waals surface area (Å²) in [5.74, 6) is -1.50. The van der Waals surface area contributed by atoms with Crippen molar-refractivity contribution in [3.8, 4) is 0 Å². The van der Waals surface area contributed by atoms with Crippen LogP contribution < -0.4 is 0 Å². The summed E-state index contributed by atoms with van der Waals surface area (Å²) in [6.45, 7) is -0.691. The summed E-state index contributed by atoms with van der Waals surface area (Å²) in [5, 5.41) is 18.0. The van der Waals surface area contributed by atoms with Gasteiger partial charge in [-0.3, -0.25) is 9.59 Å². The predicted octanol–water partition coefficient (Wildman–Crippen LogP) is 0.0430. The van der Waals surface area contributed by atoms with Gasteiger partial charge in [-0.2, -0.15) is 0 Å². The maximum absolute atomic E-state index is 11.0. The van der Waals surface area contributed by atoms with E-state index >= 15 is 0 Å². The van der Waals surface area contributed by atoms with Crippen LogP contribution in [0.4, 0.5) is 0 Å². The van der Waals surface area contributed by atoms with Crippen molar-refractivity contribution >= 4 is 27.5 Å². The number of hydrogen-bond acceptors (Lipinski definition) is 4. The first-order chi connectivity index (χ1) is 6.13. The number of rotatable bonds is 7. The summed E-state index contributed by atoms with van der Waals surface area (Å²) in [6, 6.07) is 0. The van der Waals surface area contributed by atoms with Crippen molar-refractivity contribution in [3.63, 3.8) is 0 Å². The molecule has 0 aromatic rings. The van der Waals surface area contributed by atoms with Gasteiger partial charge in [0.25, 0.3) is 0 Å². The predicted molar refractivity (Wildman–Crippen MR) is 50.8 cm³/mol. The summed E-state index contributed by atoms with van der Waals surface area (Å²) < 4.78 is 0. The highest BCUT2D eigenvalue weighted by Gasteiger charge is 2.21. The molecule has 1 atom stereocenters. The van der Waals surface area contributed by atoms with Crippen molar-refractivity contribution in [2.24, 2.45) is 0 Å². The number of aliphatic hydroxyl groups excluding tert-OH is 2. The van der Waals surface area contributed by atoms with Crippen LogP contribution in [0.3, 0.4) is 0 Å². The van der Waals surface area contributed by atoms with E-state index in [9.17, 15) is 9.59 Å². The number of alkyl halides is 1. The average Bonchev–Trinajstić information content (AvgIpc) is 2.15. The zero-order valence-electron chi connectivity index (χ0n) is 7.20. The van der Waals surface area contributed by atoms with Crippen LogP contribution in [0.1, 0.15) is 19.3 Å². The molecule has 76 valence electrons. The van der Waals surface area contributed by atoms with Gasteiger partial charge < -0.3 is 10.2 Å². The first-order valence-corrected chi connectivity index (χ1v) is 5.17. The molecule has 0 aromatic carbocycles. The second-order valence-electron chi connectivity index (χ2n) is 2.63. The normalized spacial score (nSPS) is 12.5. The summed E-state index contributed by atoms with van der Waals surface area (Å²) in [5.41, 5.74) is 0. The van der Waals surface area contributed by atoms with E-state index in [2.05, 4.69) is 15.9 Å². The molecule has 0 aliphatic heterocycles. The van der Waals surface area contributed by atoms with Crippen LogP contribution >= 0.6 is 15.9 Å². The summed E-state index contributed by atoms with van der Waals surface area (Å²) in [4.78, 5) is 21.9. The number of aliphatic hydroxyl groups is 2. The van der Waals surface area contributed by atoms with E-state index in [0.29, 0.717) is 6.42 Å². The molecular weight excluding hydrogens is 240 g/mol. The molecule has 13 heavy (non-hydrogen) atoms. The number of carbonyl (C=O) groups is 2. The monoisotopic (exact) mass is 252 g/mol. The highest BCUT2D eigenvalue weighted by molar-refractivity contribution is 9.09. The number of Topliss-reactive ketones (excluding diaryl/α,β-unsaturated/α-hetero) is 2. The highest BCUT2D eigenvalue weighted by atomic mass is 79.9. The van der Waals surface area contributed by atoms with Crippen LogP contribution in [0.15, 0.2) is 0 Å². The first-order valence-electron chi connectivity index (χ1n) is 4.05. The van der Waals surface area contributed by atoms with Gasteiger partial charge >= 0.3 is 0 Å². The Hall–Kier alpha value is -0.260. The van der Waals surface area contributed by atoms with Crippen molar-refractivity contribution in [1.82, 2.24) is 0 Å². The van der Waals surface area contributed by atoms with E-state index in [0.717, 1.165) is 11.8 Å². The average molecular weight is 253 g/mol. The molecule has 0 amide bonds. The third-order valence-electron chi connectivity index (χ3n) is 1.54. The molecule has 0 aromatic heterocycles. The Balaban J connectivity index is 3.76. The summed E-state index contributed by atoms with van der Waals surface area (Å²) >= 11 is 3.19. The van der Waals surface area contributed by atoms with Crippen molar-refractivity contribution < 1.29 is 19.8 Å². The van der Waals surface area contributed by atoms with Crippen LogP contribution in [-0.4, -0.2) is 39.8 Å². The summed E-state index contributed by atoms with van der Waals surface area (Å²) in [7, 11) is 0. The van der Waals surface area contributed by atoms with E-state index in [1.165, 1.54) is 0 Å². The Morgan fingerprint density at radius 1 is 1.31 bits per heavy atom. The van der Waals surface area contributed by atoms with Crippen molar-refractivity contribution in [3.05, 3.63) is 0 Å². The standard InChI is InChI=1S/C8H13BrO4/c9-4-2-1-3-6(11)8(13)7(12)5-10/h7,10,12H,1-5H2. The van der Waals surface area contributed by atoms with E-state index < -0.39 is 24.3 Å². The van der Waals surface area contributed by atoms with E-state index in [1.54, 1.807) is 0 Å². The molecule has 0 spiro atoms. The van der Waals surface area contributed by atoms with E-state index in [-0.39, 0.29) is 6.42 Å². The molecule has 0 saturated heterocycles. The Labute approximate surface area is 85.1 Å². The third kappa shape index (κ3) is 5.13. The summed E-state index contributed by atoms with van der Waals surface area (Å²) in [6.07, 6.45) is 0.0282. The zero-order chi connectivity index (χ0) is 10.3. The molecule has 0 rings (SSSR count). The third-order valence-corrected chi connectivity index (χ3v) is 2.10. The number of unbranched alkanes of at least 4 members (excludes halogenated alkanes) is 1. The molecule has 0 radical (unpaired) electrons. The fourth-order valence-corrected chi connectivity index (χ4v) is 1.17. The molecule has 0 saturated carbocycles. The second kappa shape index (κ2) is 7.17. The van der Waals surface area contributed by atoms with E-state index in [4.69, 9.17) is 10.2 Å². The number of halogens is 1. The minimum absolute atomic E-state index is 0.140. The van der Waals surface area contributed by atoms with Gasteiger partial charge in [-0.1, -0.05) is 15.9 Å². The molecule has 0 heterocycles. The van der Waals surface area contributed by atoms with Gasteiger partial charge in [-0.25, -0.2) is 0 Å². The maximum Gasteiger partial charge on any atom is 0.229 e. The highest BCUT2D eigenvalue weighted by Crippen LogP contribution is 2.01. The topological polar surface area (TPSA) is 74.6 Å². The lowest BCUT2D eigenvalue weighted by Crippen LogP contribution is -2.31. The Bertz CT molecular complexity index is 181. The minimum Gasteiger partial charge on any atom is -0.393 e. The lowest BCUT2D eigenvalue weighted by atomic mass is 10.1. The number of ketones is 2. The quantitative estimate of drug-likeness (QED) is 0.381. The molecule has 0 aliphatic rings. The first kappa shape index (κ1) is 12.7. The minimum atomic E-state index is -1.54. The molecule has 4 nitrogen and oxygen atoms in total. The molecule has 2 N–H and O–H groups in total. The number of carbonyl (C=O) groups excluding carboxylic acids is 2. The van der Waals surface area contributed by atoms with Crippen LogP contribution in [0.25, 0.3) is 0 Å². The SMILES string of the molecule is O=C(CCCCBr)C(=O)C(O)CO. The molecular formula is C8H13BrO4. The number of hydrogen-bond donors (Lipinski definition) is 2. The van der Waals surface area contributed by atoms with Crippen LogP contribution in [0.5, 0.6) is 0 Å². The Morgan fingerprint density at radius 3 is 2.38 bits per heavy atom. The second-order valence-corrected chi connectivity index (χ2v) is 3.42. The van der Waals surface area contributed by atoms with Crippen molar-refractivity contribution in [1.29, 1.82) is 0 Å². The molecule has 1 unspecified atom stereocenters.